The second kappa shape index (κ2) is 7.70. The predicted molar refractivity (Wildman–Crippen MR) is 88.9 cm³/mol. The summed E-state index contributed by atoms with van der Waals surface area (Å²) in [5, 5.41) is 0. The van der Waals surface area contributed by atoms with Gasteiger partial charge in [-0.1, -0.05) is 6.92 Å². The van der Waals surface area contributed by atoms with Crippen LogP contribution in [0.4, 0.5) is 0 Å². The van der Waals surface area contributed by atoms with E-state index in [1.54, 1.807) is 14.2 Å². The van der Waals surface area contributed by atoms with Crippen molar-refractivity contribution in [1.82, 2.24) is 4.90 Å². The average molecular weight is 329 g/mol. The number of carbonyl (C=O) groups excluding carboxylic acids is 1. The number of methoxy groups -OCH3 is 2. The van der Waals surface area contributed by atoms with E-state index in [-0.39, 0.29) is 23.7 Å². The van der Waals surface area contributed by atoms with Crippen LogP contribution in [0.1, 0.15) is 18.9 Å². The Morgan fingerprint density at radius 2 is 2.09 bits per heavy atom. The number of halogens is 1. The van der Waals surface area contributed by atoms with Crippen molar-refractivity contribution in [3.63, 3.8) is 0 Å². The van der Waals surface area contributed by atoms with Crippen LogP contribution >= 0.6 is 12.4 Å². The van der Waals surface area contributed by atoms with Crippen molar-refractivity contribution in [1.29, 1.82) is 0 Å². The lowest BCUT2D eigenvalue weighted by Gasteiger charge is -2.23. The highest BCUT2D eigenvalue weighted by Gasteiger charge is 2.34. The van der Waals surface area contributed by atoms with E-state index in [9.17, 15) is 4.79 Å². The average Bonchev–Trinajstić information content (AvgIpc) is 2.90. The SMILES string of the molecule is COc1ccc(OC)c(CC(=O)N2CCC(C)(CN)C2)c1.Cl. The lowest BCUT2D eigenvalue weighted by molar-refractivity contribution is -0.129. The molecule has 1 saturated heterocycles. The molecule has 1 aromatic carbocycles. The molecule has 1 aliphatic rings. The van der Waals surface area contributed by atoms with Crippen LogP contribution in [0, 0.1) is 5.41 Å². The molecule has 1 unspecified atom stereocenters. The summed E-state index contributed by atoms with van der Waals surface area (Å²) >= 11 is 0. The Kier molecular flexibility index (Phi) is 6.50. The molecule has 0 radical (unpaired) electrons. The lowest BCUT2D eigenvalue weighted by Crippen LogP contribution is -2.35. The Morgan fingerprint density at radius 1 is 1.36 bits per heavy atom. The predicted octanol–water partition coefficient (Wildman–Crippen LogP) is 1.87. The summed E-state index contributed by atoms with van der Waals surface area (Å²) in [4.78, 5) is 14.4. The van der Waals surface area contributed by atoms with Gasteiger partial charge in [-0.15, -0.1) is 12.4 Å². The number of carbonyl (C=O) groups is 1. The van der Waals surface area contributed by atoms with E-state index in [0.29, 0.717) is 18.7 Å². The third-order valence-electron chi connectivity index (χ3n) is 4.23. The second-order valence-corrected chi connectivity index (χ2v) is 5.93. The summed E-state index contributed by atoms with van der Waals surface area (Å²) in [5.74, 6) is 1.55. The zero-order valence-electron chi connectivity index (χ0n) is 13.4. The minimum atomic E-state index is 0. The summed E-state index contributed by atoms with van der Waals surface area (Å²) in [6.45, 7) is 4.25. The van der Waals surface area contributed by atoms with Gasteiger partial charge in [-0.25, -0.2) is 0 Å². The van der Waals surface area contributed by atoms with E-state index < -0.39 is 0 Å². The minimum absolute atomic E-state index is 0. The second-order valence-electron chi connectivity index (χ2n) is 5.93. The first-order valence-electron chi connectivity index (χ1n) is 7.20. The molecule has 0 spiro atoms. The quantitative estimate of drug-likeness (QED) is 0.896. The van der Waals surface area contributed by atoms with Crippen LogP contribution in [-0.4, -0.2) is 44.7 Å². The number of amides is 1. The Balaban J connectivity index is 0.00000242. The van der Waals surface area contributed by atoms with Gasteiger partial charge < -0.3 is 20.1 Å². The van der Waals surface area contributed by atoms with Crippen molar-refractivity contribution in [2.24, 2.45) is 11.1 Å². The summed E-state index contributed by atoms with van der Waals surface area (Å²) in [6, 6.07) is 5.51. The first kappa shape index (κ1) is 18.6. The van der Waals surface area contributed by atoms with E-state index in [0.717, 1.165) is 30.8 Å². The van der Waals surface area contributed by atoms with E-state index in [1.807, 2.05) is 23.1 Å². The van der Waals surface area contributed by atoms with Gasteiger partial charge >= 0.3 is 0 Å². The van der Waals surface area contributed by atoms with Gasteiger partial charge in [0.05, 0.1) is 20.6 Å². The Labute approximate surface area is 138 Å². The Hall–Kier alpha value is -1.46. The maximum Gasteiger partial charge on any atom is 0.227 e. The molecule has 0 bridgehead atoms. The third kappa shape index (κ3) is 4.05. The number of nitrogens with zero attached hydrogens (tertiary/aromatic N) is 1. The Morgan fingerprint density at radius 3 is 2.64 bits per heavy atom. The molecular formula is C16H25ClN2O3. The molecule has 0 saturated carbocycles. The molecule has 0 aliphatic carbocycles. The number of hydrogen-bond donors (Lipinski definition) is 1. The summed E-state index contributed by atoms with van der Waals surface area (Å²) < 4.78 is 10.5. The molecule has 2 N–H and O–H groups in total. The van der Waals surface area contributed by atoms with E-state index >= 15 is 0 Å². The van der Waals surface area contributed by atoms with Gasteiger partial charge in [0.25, 0.3) is 0 Å². The highest BCUT2D eigenvalue weighted by atomic mass is 35.5. The zero-order valence-corrected chi connectivity index (χ0v) is 14.2. The van der Waals surface area contributed by atoms with Crippen molar-refractivity contribution in [2.75, 3.05) is 33.9 Å². The highest BCUT2D eigenvalue weighted by Crippen LogP contribution is 2.30. The molecule has 5 nitrogen and oxygen atoms in total. The fraction of sp³-hybridized carbons (Fsp3) is 0.562. The van der Waals surface area contributed by atoms with Gasteiger partial charge in [0.15, 0.2) is 0 Å². The number of rotatable bonds is 5. The van der Waals surface area contributed by atoms with Crippen molar-refractivity contribution in [3.8, 4) is 11.5 Å². The molecule has 1 aliphatic heterocycles. The Bertz CT molecular complexity index is 524. The molecule has 22 heavy (non-hydrogen) atoms. The third-order valence-corrected chi connectivity index (χ3v) is 4.23. The van der Waals surface area contributed by atoms with Crippen molar-refractivity contribution in [3.05, 3.63) is 23.8 Å². The molecule has 1 amide bonds. The van der Waals surface area contributed by atoms with Gasteiger partial charge in [-0.05, 0) is 36.6 Å². The van der Waals surface area contributed by atoms with Gasteiger partial charge in [-0.2, -0.15) is 0 Å². The molecule has 1 aromatic rings. The molecule has 6 heteroatoms. The van der Waals surface area contributed by atoms with Gasteiger partial charge in [-0.3, -0.25) is 4.79 Å². The van der Waals surface area contributed by atoms with Crippen molar-refractivity contribution >= 4 is 18.3 Å². The highest BCUT2D eigenvalue weighted by molar-refractivity contribution is 5.85. The first-order valence-corrected chi connectivity index (χ1v) is 7.20. The summed E-state index contributed by atoms with van der Waals surface area (Å²) in [6.07, 6.45) is 1.28. The largest absolute Gasteiger partial charge is 0.497 e. The van der Waals surface area contributed by atoms with Crippen LogP contribution < -0.4 is 15.2 Å². The zero-order chi connectivity index (χ0) is 15.5. The molecule has 1 fully saturated rings. The molecule has 124 valence electrons. The standard InChI is InChI=1S/C16H24N2O3.ClH/c1-16(10-17)6-7-18(11-16)15(19)9-12-8-13(20-2)4-5-14(12)21-3;/h4-5,8H,6-7,9-11,17H2,1-3H3;1H. The monoisotopic (exact) mass is 328 g/mol. The minimum Gasteiger partial charge on any atom is -0.497 e. The summed E-state index contributed by atoms with van der Waals surface area (Å²) in [7, 11) is 3.22. The number of nitrogens with two attached hydrogens (primary N) is 1. The molecule has 1 heterocycles. The number of ether oxygens (including phenoxy) is 2. The van der Waals surface area contributed by atoms with Crippen LogP contribution in [0.15, 0.2) is 18.2 Å². The number of hydrogen-bond acceptors (Lipinski definition) is 4. The van der Waals surface area contributed by atoms with Gasteiger partial charge in [0, 0.05) is 18.7 Å². The number of likely N-dealkylation sites (tertiary alicyclic amines) is 1. The van der Waals surface area contributed by atoms with Crippen LogP contribution in [0.2, 0.25) is 0 Å². The molecular weight excluding hydrogens is 304 g/mol. The fourth-order valence-corrected chi connectivity index (χ4v) is 2.70. The molecule has 2 rings (SSSR count). The van der Waals surface area contributed by atoms with Gasteiger partial charge in [0.1, 0.15) is 11.5 Å². The maximum absolute atomic E-state index is 12.5. The van der Waals surface area contributed by atoms with Crippen molar-refractivity contribution < 1.29 is 14.3 Å². The first-order chi connectivity index (χ1) is 10.0. The van der Waals surface area contributed by atoms with Crippen molar-refractivity contribution in [2.45, 2.75) is 19.8 Å². The van der Waals surface area contributed by atoms with E-state index in [1.165, 1.54) is 0 Å². The molecule has 0 aromatic heterocycles. The van der Waals surface area contributed by atoms with Crippen LogP contribution in [-0.2, 0) is 11.2 Å². The normalized spacial score (nSPS) is 20.5. The smallest absolute Gasteiger partial charge is 0.227 e. The maximum atomic E-state index is 12.5. The van der Waals surface area contributed by atoms with E-state index in [4.69, 9.17) is 15.2 Å². The van der Waals surface area contributed by atoms with E-state index in [2.05, 4.69) is 6.92 Å². The van der Waals surface area contributed by atoms with Crippen LogP contribution in [0.3, 0.4) is 0 Å². The summed E-state index contributed by atoms with van der Waals surface area (Å²) in [5.41, 5.74) is 6.69. The lowest BCUT2D eigenvalue weighted by atomic mass is 9.90. The van der Waals surface area contributed by atoms with Crippen LogP contribution in [0.25, 0.3) is 0 Å². The van der Waals surface area contributed by atoms with Crippen LogP contribution in [0.5, 0.6) is 11.5 Å². The topological polar surface area (TPSA) is 64.8 Å². The molecule has 1 atom stereocenters. The number of benzene rings is 1. The van der Waals surface area contributed by atoms with Gasteiger partial charge in [0.2, 0.25) is 5.91 Å². The fourth-order valence-electron chi connectivity index (χ4n) is 2.70.